The molecule has 148 valence electrons. The number of carboxylic acid groups (broad SMARTS) is 1. The zero-order valence-electron chi connectivity index (χ0n) is 16.4. The molecule has 0 fully saturated rings. The second-order valence-electron chi connectivity index (χ2n) is 7.13. The summed E-state index contributed by atoms with van der Waals surface area (Å²) >= 11 is 1.54. The fourth-order valence-corrected chi connectivity index (χ4v) is 5.01. The smallest absolute Gasteiger partial charge is 0.336 e. The summed E-state index contributed by atoms with van der Waals surface area (Å²) in [6.07, 6.45) is 7.89. The number of benzene rings is 2. The number of hydrogen-bond acceptors (Lipinski definition) is 4. The van der Waals surface area contributed by atoms with Crippen LogP contribution in [0.15, 0.2) is 61.2 Å². The Bertz CT molecular complexity index is 1130. The summed E-state index contributed by atoms with van der Waals surface area (Å²) in [5, 5.41) is 10.2. The van der Waals surface area contributed by atoms with Crippen molar-refractivity contribution in [3.05, 3.63) is 72.3 Å². The number of imidazole rings is 1. The first-order chi connectivity index (χ1) is 14.1. The molecule has 4 rings (SSSR count). The molecule has 4 aromatic rings. The van der Waals surface area contributed by atoms with Gasteiger partial charge in [-0.25, -0.2) is 14.8 Å². The van der Waals surface area contributed by atoms with Crippen molar-refractivity contribution in [2.75, 3.05) is 0 Å². The van der Waals surface area contributed by atoms with Crippen LogP contribution >= 0.6 is 11.3 Å². The third-order valence-electron chi connectivity index (χ3n) is 5.48. The first-order valence-electron chi connectivity index (χ1n) is 9.83. The van der Waals surface area contributed by atoms with Crippen LogP contribution in [-0.2, 0) is 0 Å². The molecule has 0 spiro atoms. The quantitative estimate of drug-likeness (QED) is 0.417. The minimum atomic E-state index is -0.936. The molecule has 0 aliphatic carbocycles. The highest BCUT2D eigenvalue weighted by Gasteiger charge is 2.23. The molecular weight excluding hydrogens is 382 g/mol. The number of carbonyl (C=O) groups is 1. The third kappa shape index (κ3) is 3.68. The van der Waals surface area contributed by atoms with Gasteiger partial charge in [0.15, 0.2) is 0 Å². The molecule has 2 heterocycles. The Balaban J connectivity index is 1.80. The molecule has 0 saturated carbocycles. The molecule has 2 aromatic carbocycles. The highest BCUT2D eigenvalue weighted by atomic mass is 32.1. The summed E-state index contributed by atoms with van der Waals surface area (Å²) in [6, 6.07) is 13.6. The molecular formula is C23H23N3O2S. The molecule has 5 nitrogen and oxygen atoms in total. The van der Waals surface area contributed by atoms with Crippen LogP contribution in [0, 0.1) is 5.92 Å². The summed E-state index contributed by atoms with van der Waals surface area (Å²) in [4.78, 5) is 20.6. The minimum absolute atomic E-state index is 0.216. The minimum Gasteiger partial charge on any atom is -0.478 e. The van der Waals surface area contributed by atoms with E-state index in [2.05, 4.69) is 35.5 Å². The highest BCUT2D eigenvalue weighted by Crippen LogP contribution is 2.37. The van der Waals surface area contributed by atoms with E-state index >= 15 is 0 Å². The number of hydrogen-bond donors (Lipinski definition) is 1. The van der Waals surface area contributed by atoms with E-state index < -0.39 is 5.97 Å². The fraction of sp³-hybridized carbons (Fsp3) is 0.261. The Morgan fingerprint density at radius 1 is 1.17 bits per heavy atom. The highest BCUT2D eigenvalue weighted by molar-refractivity contribution is 7.21. The SMILES string of the molecule is CCC(CC)C(c1ccc2nc(-c3ccccc3C(=O)O)sc2c1)n1ccnc1. The predicted molar refractivity (Wildman–Crippen MR) is 116 cm³/mol. The van der Waals surface area contributed by atoms with E-state index in [0.717, 1.165) is 28.1 Å². The lowest BCUT2D eigenvalue weighted by molar-refractivity contribution is 0.0697. The van der Waals surface area contributed by atoms with Crippen molar-refractivity contribution in [3.8, 4) is 10.6 Å². The number of aromatic carboxylic acids is 1. The summed E-state index contributed by atoms with van der Waals surface area (Å²) < 4.78 is 3.24. The molecule has 0 amide bonds. The van der Waals surface area contributed by atoms with Gasteiger partial charge < -0.3 is 9.67 Å². The van der Waals surface area contributed by atoms with Gasteiger partial charge in [-0.2, -0.15) is 0 Å². The molecule has 0 saturated heterocycles. The van der Waals surface area contributed by atoms with E-state index in [1.807, 2.05) is 36.9 Å². The molecule has 1 atom stereocenters. The second-order valence-corrected chi connectivity index (χ2v) is 8.16. The Labute approximate surface area is 173 Å². The molecule has 29 heavy (non-hydrogen) atoms. The van der Waals surface area contributed by atoms with Crippen LogP contribution in [0.4, 0.5) is 0 Å². The molecule has 2 aromatic heterocycles. The van der Waals surface area contributed by atoms with E-state index in [9.17, 15) is 9.90 Å². The average Bonchev–Trinajstić information content (AvgIpc) is 3.41. The number of aromatic nitrogens is 3. The molecule has 6 heteroatoms. The van der Waals surface area contributed by atoms with Crippen molar-refractivity contribution in [2.24, 2.45) is 5.92 Å². The monoisotopic (exact) mass is 405 g/mol. The normalized spacial score (nSPS) is 12.5. The summed E-state index contributed by atoms with van der Waals surface area (Å²) in [7, 11) is 0. The Morgan fingerprint density at radius 2 is 1.97 bits per heavy atom. The van der Waals surface area contributed by atoms with Gasteiger partial charge in [-0.3, -0.25) is 0 Å². The van der Waals surface area contributed by atoms with E-state index in [4.69, 9.17) is 4.98 Å². The number of nitrogens with zero attached hydrogens (tertiary/aromatic N) is 3. The maximum absolute atomic E-state index is 11.6. The average molecular weight is 406 g/mol. The lowest BCUT2D eigenvalue weighted by atomic mass is 9.88. The van der Waals surface area contributed by atoms with Gasteiger partial charge in [0.25, 0.3) is 0 Å². The van der Waals surface area contributed by atoms with E-state index in [-0.39, 0.29) is 11.6 Å². The Kier molecular flexibility index (Phi) is 5.45. The van der Waals surface area contributed by atoms with Crippen LogP contribution in [0.5, 0.6) is 0 Å². The molecule has 0 aliphatic rings. The number of thiazole rings is 1. The van der Waals surface area contributed by atoms with Gasteiger partial charge in [0.1, 0.15) is 5.01 Å². The van der Waals surface area contributed by atoms with Crippen molar-refractivity contribution in [3.63, 3.8) is 0 Å². The van der Waals surface area contributed by atoms with Crippen molar-refractivity contribution in [2.45, 2.75) is 32.7 Å². The zero-order chi connectivity index (χ0) is 20.4. The zero-order valence-corrected chi connectivity index (χ0v) is 17.3. The summed E-state index contributed by atoms with van der Waals surface area (Å²) in [6.45, 7) is 4.45. The van der Waals surface area contributed by atoms with Crippen LogP contribution in [0.2, 0.25) is 0 Å². The van der Waals surface area contributed by atoms with Crippen molar-refractivity contribution in [1.82, 2.24) is 14.5 Å². The first-order valence-corrected chi connectivity index (χ1v) is 10.6. The number of rotatable bonds is 7. The molecule has 1 N–H and O–H groups in total. The lowest BCUT2D eigenvalue weighted by Crippen LogP contribution is -2.18. The van der Waals surface area contributed by atoms with Crippen LogP contribution in [-0.4, -0.2) is 25.6 Å². The largest absolute Gasteiger partial charge is 0.478 e. The number of fused-ring (bicyclic) bond motifs is 1. The van der Waals surface area contributed by atoms with Gasteiger partial charge in [-0.15, -0.1) is 11.3 Å². The maximum Gasteiger partial charge on any atom is 0.336 e. The van der Waals surface area contributed by atoms with Crippen LogP contribution < -0.4 is 0 Å². The van der Waals surface area contributed by atoms with Gasteiger partial charge in [0.2, 0.25) is 0 Å². The third-order valence-corrected chi connectivity index (χ3v) is 6.53. The van der Waals surface area contributed by atoms with Crippen molar-refractivity contribution < 1.29 is 9.90 Å². The molecule has 0 radical (unpaired) electrons. The van der Waals surface area contributed by atoms with Gasteiger partial charge in [0.05, 0.1) is 28.1 Å². The number of carboxylic acids is 1. The van der Waals surface area contributed by atoms with Crippen LogP contribution in [0.25, 0.3) is 20.8 Å². The first kappa shape index (κ1) is 19.3. The van der Waals surface area contributed by atoms with Gasteiger partial charge in [-0.05, 0) is 29.7 Å². The molecule has 1 unspecified atom stereocenters. The second kappa shape index (κ2) is 8.17. The van der Waals surface area contributed by atoms with E-state index in [0.29, 0.717) is 11.5 Å². The summed E-state index contributed by atoms with van der Waals surface area (Å²) in [5.41, 5.74) is 3.06. The Hall–Kier alpha value is -2.99. The van der Waals surface area contributed by atoms with Crippen molar-refractivity contribution in [1.29, 1.82) is 0 Å². The fourth-order valence-electron chi connectivity index (χ4n) is 3.95. The van der Waals surface area contributed by atoms with Gasteiger partial charge >= 0.3 is 5.97 Å². The molecule has 0 aliphatic heterocycles. The van der Waals surface area contributed by atoms with Crippen LogP contribution in [0.3, 0.4) is 0 Å². The van der Waals surface area contributed by atoms with E-state index in [1.165, 1.54) is 16.9 Å². The van der Waals surface area contributed by atoms with Crippen LogP contribution in [0.1, 0.15) is 48.7 Å². The molecule has 0 bridgehead atoms. The predicted octanol–water partition coefficient (Wildman–Crippen LogP) is 5.88. The van der Waals surface area contributed by atoms with Gasteiger partial charge in [-0.1, -0.05) is 51.0 Å². The van der Waals surface area contributed by atoms with Gasteiger partial charge in [0, 0.05) is 18.0 Å². The summed E-state index contributed by atoms with van der Waals surface area (Å²) in [5.74, 6) is -0.434. The van der Waals surface area contributed by atoms with Crippen molar-refractivity contribution >= 4 is 27.5 Å². The lowest BCUT2D eigenvalue weighted by Gasteiger charge is -2.27. The maximum atomic E-state index is 11.6. The van der Waals surface area contributed by atoms with E-state index in [1.54, 1.807) is 12.1 Å². The Morgan fingerprint density at radius 3 is 2.66 bits per heavy atom. The topological polar surface area (TPSA) is 68.0 Å². The standard InChI is InChI=1S/C23H23N3O2S/c1-3-15(4-2)21(26-12-11-24-14-26)16-9-10-19-20(13-16)29-22(25-19)17-7-5-6-8-18(17)23(27)28/h5-15,21H,3-4H2,1-2H3,(H,27,28).